The van der Waals surface area contributed by atoms with Crippen LogP contribution in [0.4, 0.5) is 4.79 Å². The van der Waals surface area contributed by atoms with Crippen molar-refractivity contribution in [3.8, 4) is 0 Å². The summed E-state index contributed by atoms with van der Waals surface area (Å²) in [6.45, 7) is 1.79. The maximum atomic E-state index is 11.6. The molecule has 0 aromatic heterocycles. The Labute approximate surface area is 112 Å². The Morgan fingerprint density at radius 1 is 1.42 bits per heavy atom. The van der Waals surface area contributed by atoms with E-state index in [0.717, 1.165) is 12.8 Å². The van der Waals surface area contributed by atoms with E-state index in [4.69, 9.17) is 5.14 Å². The number of carbonyl (C=O) groups excluding carboxylic acids is 1. The summed E-state index contributed by atoms with van der Waals surface area (Å²) in [5, 5.41) is 10.6. The van der Waals surface area contributed by atoms with E-state index < -0.39 is 10.0 Å². The van der Waals surface area contributed by atoms with E-state index in [1.165, 1.54) is 12.1 Å². The molecular formula is C12H17N3O3S. The van der Waals surface area contributed by atoms with Gasteiger partial charge in [0.25, 0.3) is 0 Å². The van der Waals surface area contributed by atoms with Crippen LogP contribution >= 0.6 is 0 Å². The summed E-state index contributed by atoms with van der Waals surface area (Å²) in [5.41, 5.74) is 0.692. The first-order valence-electron chi connectivity index (χ1n) is 6.06. The highest BCUT2D eigenvalue weighted by molar-refractivity contribution is 7.89. The van der Waals surface area contributed by atoms with E-state index >= 15 is 0 Å². The number of rotatable bonds is 4. The van der Waals surface area contributed by atoms with Gasteiger partial charge in [-0.1, -0.05) is 12.1 Å². The van der Waals surface area contributed by atoms with Crippen molar-refractivity contribution < 1.29 is 13.2 Å². The molecule has 1 unspecified atom stereocenters. The standard InChI is InChI=1S/C12H17N3O3S/c1-8(14-12(16)15-10-5-6-10)9-3-2-4-11(7-9)19(13,17)18/h2-4,7-8,10H,5-6H2,1H3,(H2,13,17,18)(H2,14,15,16). The van der Waals surface area contributed by atoms with Crippen molar-refractivity contribution in [2.24, 2.45) is 5.14 Å². The van der Waals surface area contributed by atoms with Crippen molar-refractivity contribution in [2.75, 3.05) is 0 Å². The normalized spacial score (nSPS) is 16.7. The molecule has 19 heavy (non-hydrogen) atoms. The lowest BCUT2D eigenvalue weighted by Gasteiger charge is -2.15. The largest absolute Gasteiger partial charge is 0.335 e. The number of urea groups is 1. The number of benzene rings is 1. The molecule has 0 spiro atoms. The second kappa shape index (κ2) is 5.18. The van der Waals surface area contributed by atoms with Gasteiger partial charge in [-0.2, -0.15) is 0 Å². The van der Waals surface area contributed by atoms with Crippen molar-refractivity contribution in [1.29, 1.82) is 0 Å². The van der Waals surface area contributed by atoms with Crippen molar-refractivity contribution in [1.82, 2.24) is 10.6 Å². The van der Waals surface area contributed by atoms with E-state index in [-0.39, 0.29) is 23.0 Å². The molecule has 2 rings (SSSR count). The second-order valence-corrected chi connectivity index (χ2v) is 6.29. The lowest BCUT2D eigenvalue weighted by atomic mass is 10.1. The lowest BCUT2D eigenvalue weighted by molar-refractivity contribution is 0.237. The van der Waals surface area contributed by atoms with Gasteiger partial charge in [-0.15, -0.1) is 0 Å². The monoisotopic (exact) mass is 283 g/mol. The highest BCUT2D eigenvalue weighted by Gasteiger charge is 2.24. The van der Waals surface area contributed by atoms with Crippen LogP contribution in [0.1, 0.15) is 31.4 Å². The molecule has 6 nitrogen and oxygen atoms in total. The maximum absolute atomic E-state index is 11.6. The molecule has 1 aromatic rings. The Bertz CT molecular complexity index is 582. The van der Waals surface area contributed by atoms with Crippen molar-refractivity contribution >= 4 is 16.1 Å². The molecule has 0 heterocycles. The Morgan fingerprint density at radius 3 is 2.68 bits per heavy atom. The zero-order valence-electron chi connectivity index (χ0n) is 10.6. The number of amides is 2. The van der Waals surface area contributed by atoms with Crippen molar-refractivity contribution in [3.63, 3.8) is 0 Å². The van der Waals surface area contributed by atoms with Gasteiger partial charge >= 0.3 is 6.03 Å². The molecule has 1 aromatic carbocycles. The molecule has 1 aliphatic carbocycles. The minimum Gasteiger partial charge on any atom is -0.335 e. The molecule has 1 aliphatic rings. The third-order valence-corrected chi connectivity index (χ3v) is 3.86. The first-order chi connectivity index (χ1) is 8.86. The van der Waals surface area contributed by atoms with E-state index in [0.29, 0.717) is 5.56 Å². The first kappa shape index (κ1) is 13.8. The number of sulfonamides is 1. The van der Waals surface area contributed by atoms with Gasteiger partial charge < -0.3 is 10.6 Å². The zero-order chi connectivity index (χ0) is 14.0. The van der Waals surface area contributed by atoms with Crippen molar-refractivity contribution in [3.05, 3.63) is 29.8 Å². The molecule has 7 heteroatoms. The van der Waals surface area contributed by atoms with Gasteiger partial charge in [-0.3, -0.25) is 0 Å². The number of carbonyl (C=O) groups is 1. The van der Waals surface area contributed by atoms with Crippen LogP contribution in [-0.4, -0.2) is 20.5 Å². The van der Waals surface area contributed by atoms with Crippen LogP contribution in [0.25, 0.3) is 0 Å². The average Bonchev–Trinajstić information content (AvgIpc) is 3.11. The predicted molar refractivity (Wildman–Crippen MR) is 70.9 cm³/mol. The fourth-order valence-corrected chi connectivity index (χ4v) is 2.26. The molecule has 1 saturated carbocycles. The maximum Gasteiger partial charge on any atom is 0.315 e. The predicted octanol–water partition coefficient (Wildman–Crippen LogP) is 0.857. The third kappa shape index (κ3) is 3.93. The summed E-state index contributed by atoms with van der Waals surface area (Å²) >= 11 is 0. The molecular weight excluding hydrogens is 266 g/mol. The molecule has 1 atom stereocenters. The van der Waals surface area contributed by atoms with E-state index in [1.807, 2.05) is 0 Å². The van der Waals surface area contributed by atoms with Crippen LogP contribution in [0.3, 0.4) is 0 Å². The van der Waals surface area contributed by atoms with Gasteiger partial charge in [-0.05, 0) is 37.5 Å². The Balaban J connectivity index is 2.05. The molecule has 4 N–H and O–H groups in total. The molecule has 0 bridgehead atoms. The van der Waals surface area contributed by atoms with Gasteiger partial charge in [0.1, 0.15) is 0 Å². The van der Waals surface area contributed by atoms with Gasteiger partial charge in [-0.25, -0.2) is 18.4 Å². The number of nitrogens with one attached hydrogen (secondary N) is 2. The summed E-state index contributed by atoms with van der Waals surface area (Å²) in [6, 6.07) is 6.00. The molecule has 0 saturated heterocycles. The fraction of sp³-hybridized carbons (Fsp3) is 0.417. The number of hydrogen-bond acceptors (Lipinski definition) is 3. The summed E-state index contributed by atoms with van der Waals surface area (Å²) in [4.78, 5) is 11.6. The van der Waals surface area contributed by atoms with E-state index in [9.17, 15) is 13.2 Å². The topological polar surface area (TPSA) is 101 Å². The minimum atomic E-state index is -3.72. The number of primary sulfonamides is 1. The number of nitrogens with two attached hydrogens (primary N) is 1. The van der Waals surface area contributed by atoms with Gasteiger partial charge in [0, 0.05) is 6.04 Å². The summed E-state index contributed by atoms with van der Waals surface area (Å²) < 4.78 is 22.5. The molecule has 2 amide bonds. The van der Waals surface area contributed by atoms with Crippen molar-refractivity contribution in [2.45, 2.75) is 36.7 Å². The van der Waals surface area contributed by atoms with Crippen LogP contribution in [0.15, 0.2) is 29.2 Å². The van der Waals surface area contributed by atoms with E-state index in [1.54, 1.807) is 19.1 Å². The van der Waals surface area contributed by atoms with Crippen LogP contribution < -0.4 is 15.8 Å². The Morgan fingerprint density at radius 2 is 2.11 bits per heavy atom. The fourth-order valence-electron chi connectivity index (χ4n) is 1.70. The molecule has 104 valence electrons. The SMILES string of the molecule is CC(NC(=O)NC1CC1)c1cccc(S(N)(=O)=O)c1. The highest BCUT2D eigenvalue weighted by atomic mass is 32.2. The molecule has 1 fully saturated rings. The molecule has 0 aliphatic heterocycles. The van der Waals surface area contributed by atoms with E-state index in [2.05, 4.69) is 10.6 Å². The average molecular weight is 283 g/mol. The highest BCUT2D eigenvalue weighted by Crippen LogP contribution is 2.19. The quantitative estimate of drug-likeness (QED) is 0.763. The smallest absolute Gasteiger partial charge is 0.315 e. The first-order valence-corrected chi connectivity index (χ1v) is 7.60. The van der Waals surface area contributed by atoms with Gasteiger partial charge in [0.15, 0.2) is 0 Å². The van der Waals surface area contributed by atoms with Gasteiger partial charge in [0.05, 0.1) is 10.9 Å². The molecule has 0 radical (unpaired) electrons. The van der Waals surface area contributed by atoms with Crippen LogP contribution in [-0.2, 0) is 10.0 Å². The van der Waals surface area contributed by atoms with Crippen LogP contribution in [0.2, 0.25) is 0 Å². The number of hydrogen-bond donors (Lipinski definition) is 3. The summed E-state index contributed by atoms with van der Waals surface area (Å²) in [5.74, 6) is 0. The Kier molecular flexibility index (Phi) is 3.77. The second-order valence-electron chi connectivity index (χ2n) is 4.73. The minimum absolute atomic E-state index is 0.0428. The van der Waals surface area contributed by atoms with Crippen LogP contribution in [0.5, 0.6) is 0 Å². The summed E-state index contributed by atoms with van der Waals surface area (Å²) in [7, 11) is -3.72. The third-order valence-electron chi connectivity index (χ3n) is 2.95. The summed E-state index contributed by atoms with van der Waals surface area (Å²) in [6.07, 6.45) is 2.03. The Hall–Kier alpha value is -1.60. The zero-order valence-corrected chi connectivity index (χ0v) is 11.4. The van der Waals surface area contributed by atoms with Gasteiger partial charge in [0.2, 0.25) is 10.0 Å². The lowest BCUT2D eigenvalue weighted by Crippen LogP contribution is -2.38. The van der Waals surface area contributed by atoms with Crippen LogP contribution in [0, 0.1) is 0 Å².